The van der Waals surface area contributed by atoms with Gasteiger partial charge in [-0.05, 0) is 36.8 Å². The van der Waals surface area contributed by atoms with E-state index in [9.17, 15) is 9.18 Å². The van der Waals surface area contributed by atoms with Crippen LogP contribution in [0.4, 0.5) is 10.1 Å². The van der Waals surface area contributed by atoms with Crippen molar-refractivity contribution in [3.05, 3.63) is 64.4 Å². The molecule has 2 aromatic carbocycles. The zero-order valence-electron chi connectivity index (χ0n) is 11.6. The molecule has 0 aliphatic carbocycles. The van der Waals surface area contributed by atoms with E-state index in [1.54, 1.807) is 12.1 Å². The molecule has 21 heavy (non-hydrogen) atoms. The summed E-state index contributed by atoms with van der Waals surface area (Å²) in [5.74, 6) is -0.582. The monoisotopic (exact) mass is 350 g/mol. The molecule has 0 unspecified atom stereocenters. The van der Waals surface area contributed by atoms with Crippen molar-refractivity contribution in [3.63, 3.8) is 0 Å². The highest BCUT2D eigenvalue weighted by Gasteiger charge is 2.10. The second-order valence-electron chi connectivity index (χ2n) is 4.68. The first-order chi connectivity index (χ1) is 10.1. The maximum Gasteiger partial charge on any atom is 0.238 e. The summed E-state index contributed by atoms with van der Waals surface area (Å²) in [5.41, 5.74) is 1.53. The first kappa shape index (κ1) is 15.7. The number of hydrogen-bond donors (Lipinski definition) is 2. The third-order valence-electron chi connectivity index (χ3n) is 3.05. The van der Waals surface area contributed by atoms with Gasteiger partial charge in [0.15, 0.2) is 0 Å². The Morgan fingerprint density at radius 2 is 2.00 bits per heavy atom. The van der Waals surface area contributed by atoms with E-state index in [0.29, 0.717) is 5.69 Å². The summed E-state index contributed by atoms with van der Waals surface area (Å²) in [7, 11) is 0. The van der Waals surface area contributed by atoms with Gasteiger partial charge in [0.05, 0.1) is 6.54 Å². The molecule has 1 amide bonds. The maximum atomic E-state index is 13.0. The summed E-state index contributed by atoms with van der Waals surface area (Å²) < 4.78 is 14.0. The first-order valence-corrected chi connectivity index (χ1v) is 7.39. The summed E-state index contributed by atoms with van der Waals surface area (Å²) in [6, 6.07) is 13.7. The molecule has 0 bridgehead atoms. The van der Waals surface area contributed by atoms with E-state index in [2.05, 4.69) is 26.6 Å². The number of carbonyl (C=O) groups is 1. The third kappa shape index (κ3) is 4.65. The lowest BCUT2D eigenvalue weighted by atomic mass is 10.1. The average molecular weight is 351 g/mol. The van der Waals surface area contributed by atoms with Gasteiger partial charge in [-0.1, -0.05) is 40.2 Å². The number of hydrogen-bond acceptors (Lipinski definition) is 2. The zero-order chi connectivity index (χ0) is 15.2. The van der Waals surface area contributed by atoms with Crippen LogP contribution in [0.15, 0.2) is 53.0 Å². The number of halogens is 2. The Morgan fingerprint density at radius 3 is 2.71 bits per heavy atom. The Morgan fingerprint density at radius 1 is 1.24 bits per heavy atom. The van der Waals surface area contributed by atoms with Crippen LogP contribution in [0.1, 0.15) is 18.5 Å². The van der Waals surface area contributed by atoms with Gasteiger partial charge in [0.1, 0.15) is 5.82 Å². The number of anilines is 1. The predicted octanol–water partition coefficient (Wildman–Crippen LogP) is 3.88. The van der Waals surface area contributed by atoms with Crippen molar-refractivity contribution in [2.75, 3.05) is 11.9 Å². The van der Waals surface area contributed by atoms with Gasteiger partial charge in [0.2, 0.25) is 5.91 Å². The molecule has 3 nitrogen and oxygen atoms in total. The van der Waals surface area contributed by atoms with E-state index in [4.69, 9.17) is 0 Å². The van der Waals surface area contributed by atoms with Gasteiger partial charge in [-0.15, -0.1) is 0 Å². The SMILES string of the molecule is C[C@H](NCC(=O)Nc1cccc(F)c1)c1ccccc1Br. The quantitative estimate of drug-likeness (QED) is 0.859. The lowest BCUT2D eigenvalue weighted by Crippen LogP contribution is -2.30. The minimum atomic E-state index is -0.373. The number of carbonyl (C=O) groups excluding carboxylic acids is 1. The molecule has 0 heterocycles. The Hall–Kier alpha value is -1.72. The fraction of sp³-hybridized carbons (Fsp3) is 0.188. The second-order valence-corrected chi connectivity index (χ2v) is 5.54. The molecule has 2 N–H and O–H groups in total. The lowest BCUT2D eigenvalue weighted by molar-refractivity contribution is -0.115. The van der Waals surface area contributed by atoms with Gasteiger partial charge in [-0.3, -0.25) is 4.79 Å². The molecule has 0 saturated carbocycles. The van der Waals surface area contributed by atoms with E-state index in [0.717, 1.165) is 10.0 Å². The van der Waals surface area contributed by atoms with E-state index in [1.807, 2.05) is 31.2 Å². The Labute approximate surface area is 131 Å². The van der Waals surface area contributed by atoms with Crippen LogP contribution in [0.2, 0.25) is 0 Å². The molecule has 0 aromatic heterocycles. The lowest BCUT2D eigenvalue weighted by Gasteiger charge is -2.15. The summed E-state index contributed by atoms with van der Waals surface area (Å²) in [5, 5.41) is 5.79. The Balaban J connectivity index is 1.88. The molecule has 0 radical (unpaired) electrons. The molecule has 2 rings (SSSR count). The van der Waals surface area contributed by atoms with Crippen LogP contribution in [-0.4, -0.2) is 12.5 Å². The van der Waals surface area contributed by atoms with E-state index >= 15 is 0 Å². The minimum absolute atomic E-state index is 0.0267. The van der Waals surface area contributed by atoms with Crippen molar-refractivity contribution in [1.82, 2.24) is 5.32 Å². The number of amides is 1. The third-order valence-corrected chi connectivity index (χ3v) is 3.77. The molecular weight excluding hydrogens is 335 g/mol. The van der Waals surface area contributed by atoms with Crippen molar-refractivity contribution >= 4 is 27.5 Å². The molecule has 0 spiro atoms. The Bertz CT molecular complexity index is 633. The largest absolute Gasteiger partial charge is 0.325 e. The molecule has 0 aliphatic heterocycles. The van der Waals surface area contributed by atoms with Crippen LogP contribution >= 0.6 is 15.9 Å². The molecule has 2 aromatic rings. The van der Waals surface area contributed by atoms with Crippen LogP contribution in [0.5, 0.6) is 0 Å². The zero-order valence-corrected chi connectivity index (χ0v) is 13.2. The summed E-state index contributed by atoms with van der Waals surface area (Å²) >= 11 is 3.48. The Kier molecular flexibility index (Phi) is 5.47. The predicted molar refractivity (Wildman–Crippen MR) is 85.6 cm³/mol. The van der Waals surface area contributed by atoms with E-state index in [-0.39, 0.29) is 24.3 Å². The fourth-order valence-corrected chi connectivity index (χ4v) is 2.58. The van der Waals surface area contributed by atoms with Gasteiger partial charge in [-0.2, -0.15) is 0 Å². The highest BCUT2D eigenvalue weighted by molar-refractivity contribution is 9.10. The molecule has 5 heteroatoms. The highest BCUT2D eigenvalue weighted by Crippen LogP contribution is 2.22. The van der Waals surface area contributed by atoms with Crippen LogP contribution in [-0.2, 0) is 4.79 Å². The number of benzene rings is 2. The molecular formula is C16H16BrFN2O. The van der Waals surface area contributed by atoms with Gasteiger partial charge >= 0.3 is 0 Å². The molecule has 110 valence electrons. The van der Waals surface area contributed by atoms with Crippen LogP contribution in [0, 0.1) is 5.82 Å². The van der Waals surface area contributed by atoms with Crippen molar-refractivity contribution in [3.8, 4) is 0 Å². The van der Waals surface area contributed by atoms with Gasteiger partial charge in [-0.25, -0.2) is 4.39 Å². The first-order valence-electron chi connectivity index (χ1n) is 6.59. The van der Waals surface area contributed by atoms with Gasteiger partial charge in [0, 0.05) is 16.2 Å². The van der Waals surface area contributed by atoms with Crippen molar-refractivity contribution in [1.29, 1.82) is 0 Å². The van der Waals surface area contributed by atoms with Crippen molar-refractivity contribution in [2.24, 2.45) is 0 Å². The highest BCUT2D eigenvalue weighted by atomic mass is 79.9. The summed E-state index contributed by atoms with van der Waals surface area (Å²) in [6.45, 7) is 2.13. The normalized spacial score (nSPS) is 12.0. The smallest absolute Gasteiger partial charge is 0.238 e. The average Bonchev–Trinajstić information content (AvgIpc) is 2.45. The summed E-state index contributed by atoms with van der Waals surface area (Å²) in [6.07, 6.45) is 0. The van der Waals surface area contributed by atoms with Crippen molar-refractivity contribution in [2.45, 2.75) is 13.0 Å². The standard InChI is InChI=1S/C16H16BrFN2O/c1-11(14-7-2-3-8-15(14)17)19-10-16(21)20-13-6-4-5-12(18)9-13/h2-9,11,19H,10H2,1H3,(H,20,21)/t11-/m0/s1. The van der Waals surface area contributed by atoms with Gasteiger partial charge in [0.25, 0.3) is 0 Å². The molecule has 0 saturated heterocycles. The fourth-order valence-electron chi connectivity index (χ4n) is 1.95. The topological polar surface area (TPSA) is 41.1 Å². The maximum absolute atomic E-state index is 13.0. The summed E-state index contributed by atoms with van der Waals surface area (Å²) in [4.78, 5) is 11.8. The molecule has 0 aliphatic rings. The molecule has 0 fully saturated rings. The molecule has 1 atom stereocenters. The van der Waals surface area contributed by atoms with Crippen LogP contribution < -0.4 is 10.6 Å². The minimum Gasteiger partial charge on any atom is -0.325 e. The number of nitrogens with one attached hydrogen (secondary N) is 2. The second kappa shape index (κ2) is 7.33. The van der Waals surface area contributed by atoms with E-state index in [1.165, 1.54) is 12.1 Å². The van der Waals surface area contributed by atoms with Crippen LogP contribution in [0.3, 0.4) is 0 Å². The van der Waals surface area contributed by atoms with Crippen molar-refractivity contribution < 1.29 is 9.18 Å². The van der Waals surface area contributed by atoms with Crippen LogP contribution in [0.25, 0.3) is 0 Å². The van der Waals surface area contributed by atoms with Gasteiger partial charge < -0.3 is 10.6 Å². The number of rotatable bonds is 5. The van der Waals surface area contributed by atoms with E-state index < -0.39 is 0 Å².